The van der Waals surface area contributed by atoms with Gasteiger partial charge in [-0.1, -0.05) is 5.16 Å². The molecule has 0 aromatic heterocycles. The second-order valence-electron chi connectivity index (χ2n) is 1.55. The average Bonchev–Trinajstić information content (AvgIpc) is 1.98. The van der Waals surface area contributed by atoms with Crippen LogP contribution in [0.2, 0.25) is 0 Å². The third kappa shape index (κ3) is 3.17. The number of nitrogens with two attached hydrogens (primary N) is 1. The summed E-state index contributed by atoms with van der Waals surface area (Å²) in [6, 6.07) is 0.357. The van der Waals surface area contributed by atoms with Gasteiger partial charge in [0.1, 0.15) is 13.2 Å². The maximum Gasteiger partial charge on any atom is 0.319 e. The number of carbonyl (C=O) groups is 2. The Labute approximate surface area is 67.8 Å². The molecule has 0 heterocycles. The highest BCUT2D eigenvalue weighted by Gasteiger charge is 2.12. The van der Waals surface area contributed by atoms with Gasteiger partial charge in [0.05, 0.1) is 0 Å². The Balaban J connectivity index is 4.36. The van der Waals surface area contributed by atoms with Crippen molar-refractivity contribution in [3.8, 4) is 6.07 Å². The fourth-order valence-corrected chi connectivity index (χ4v) is 0.375. The Morgan fingerprint density at radius 2 is 2.25 bits per heavy atom. The summed E-state index contributed by atoms with van der Waals surface area (Å²) in [6.45, 7) is 0. The van der Waals surface area contributed by atoms with Crippen LogP contribution in [0.25, 0.3) is 0 Å². The van der Waals surface area contributed by atoms with Crippen LogP contribution in [-0.2, 0) is 9.63 Å². The van der Waals surface area contributed by atoms with Crippen molar-refractivity contribution in [1.82, 2.24) is 5.32 Å². The number of nitrogens with one attached hydrogen (secondary N) is 1. The van der Waals surface area contributed by atoms with Crippen LogP contribution < -0.4 is 11.1 Å². The Morgan fingerprint density at radius 1 is 1.67 bits per heavy atom. The summed E-state index contributed by atoms with van der Waals surface area (Å²) in [5.41, 5.74) is 4.03. The third-order valence-corrected chi connectivity index (χ3v) is 0.740. The maximum absolute atomic E-state index is 10.7. The van der Waals surface area contributed by atoms with E-state index in [2.05, 4.69) is 15.7 Å². The fourth-order valence-electron chi connectivity index (χ4n) is 0.375. The van der Waals surface area contributed by atoms with Crippen LogP contribution in [0, 0.1) is 11.3 Å². The summed E-state index contributed by atoms with van der Waals surface area (Å²) >= 11 is 0. The number of hydrogen-bond donors (Lipinski definition) is 2. The number of amides is 3. The second-order valence-corrected chi connectivity index (χ2v) is 1.55. The van der Waals surface area contributed by atoms with Gasteiger partial charge in [-0.05, 0) is 0 Å². The van der Waals surface area contributed by atoms with Gasteiger partial charge in [-0.15, -0.1) is 0 Å². The topological polar surface area (TPSA) is 118 Å². The molecule has 0 aromatic rings. The van der Waals surface area contributed by atoms with Gasteiger partial charge in [-0.3, -0.25) is 10.1 Å². The standard InChI is InChI=1S/C5H6N4O3/c1-12-9-3(2-6)4(10)8-5(7)11/h1H3,(H3,7,8,10,11). The van der Waals surface area contributed by atoms with Crippen molar-refractivity contribution >= 4 is 17.6 Å². The molecule has 0 aliphatic carbocycles. The number of hydrogen-bond acceptors (Lipinski definition) is 5. The largest absolute Gasteiger partial charge is 0.398 e. The highest BCUT2D eigenvalue weighted by Crippen LogP contribution is 1.78. The number of oxime groups is 1. The van der Waals surface area contributed by atoms with Gasteiger partial charge in [-0.2, -0.15) is 5.26 Å². The first-order chi connectivity index (χ1) is 5.61. The molecular formula is C5H6N4O3. The van der Waals surface area contributed by atoms with Gasteiger partial charge >= 0.3 is 6.03 Å². The van der Waals surface area contributed by atoms with Crippen LogP contribution in [0.15, 0.2) is 5.16 Å². The first kappa shape index (κ1) is 9.90. The van der Waals surface area contributed by atoms with Gasteiger partial charge in [-0.25, -0.2) is 4.79 Å². The summed E-state index contributed by atoms with van der Waals surface area (Å²) < 4.78 is 0. The average molecular weight is 170 g/mol. The van der Waals surface area contributed by atoms with Crippen LogP contribution in [0.1, 0.15) is 0 Å². The molecule has 3 N–H and O–H groups in total. The molecule has 0 fully saturated rings. The van der Waals surface area contributed by atoms with Crippen molar-refractivity contribution in [3.63, 3.8) is 0 Å². The van der Waals surface area contributed by atoms with Crippen molar-refractivity contribution in [2.75, 3.05) is 7.11 Å². The minimum atomic E-state index is -1.06. The van der Waals surface area contributed by atoms with Crippen molar-refractivity contribution < 1.29 is 14.4 Å². The van der Waals surface area contributed by atoms with Gasteiger partial charge in [0.2, 0.25) is 5.71 Å². The van der Waals surface area contributed by atoms with Gasteiger partial charge in [0.25, 0.3) is 5.91 Å². The van der Waals surface area contributed by atoms with E-state index < -0.39 is 17.6 Å². The summed E-state index contributed by atoms with van der Waals surface area (Å²) in [4.78, 5) is 25.0. The number of nitrogens with zero attached hydrogens (tertiary/aromatic N) is 2. The van der Waals surface area contributed by atoms with Crippen LogP contribution in [0.3, 0.4) is 0 Å². The first-order valence-electron chi connectivity index (χ1n) is 2.73. The minimum Gasteiger partial charge on any atom is -0.398 e. The lowest BCUT2D eigenvalue weighted by Gasteiger charge is -1.95. The molecule has 0 aliphatic heterocycles. The number of primary amides is 1. The quantitative estimate of drug-likeness (QED) is 0.395. The number of imide groups is 1. The third-order valence-electron chi connectivity index (χ3n) is 0.740. The highest BCUT2D eigenvalue weighted by molar-refractivity contribution is 6.46. The molecule has 0 unspecified atom stereocenters. The molecule has 0 bridgehead atoms. The number of urea groups is 1. The first-order valence-corrected chi connectivity index (χ1v) is 2.73. The van der Waals surface area contributed by atoms with E-state index in [1.807, 2.05) is 0 Å². The SMILES string of the molecule is CON=C(C#N)C(=O)NC(N)=O. The maximum atomic E-state index is 10.7. The monoisotopic (exact) mass is 170 g/mol. The van der Waals surface area contributed by atoms with Crippen LogP contribution in [-0.4, -0.2) is 24.8 Å². The van der Waals surface area contributed by atoms with Gasteiger partial charge in [0.15, 0.2) is 0 Å². The predicted molar refractivity (Wildman–Crippen MR) is 37.8 cm³/mol. The Morgan fingerprint density at radius 3 is 2.58 bits per heavy atom. The van der Waals surface area contributed by atoms with Crippen LogP contribution >= 0.6 is 0 Å². The van der Waals surface area contributed by atoms with Crippen molar-refractivity contribution in [3.05, 3.63) is 0 Å². The van der Waals surface area contributed by atoms with Crippen LogP contribution in [0.5, 0.6) is 0 Å². The molecule has 0 rings (SSSR count). The van der Waals surface area contributed by atoms with E-state index in [4.69, 9.17) is 5.26 Å². The lowest BCUT2D eigenvalue weighted by Crippen LogP contribution is -2.39. The molecule has 12 heavy (non-hydrogen) atoms. The van der Waals surface area contributed by atoms with E-state index in [1.165, 1.54) is 6.07 Å². The number of nitriles is 1. The summed E-state index contributed by atoms with van der Waals surface area (Å²) in [6.07, 6.45) is 0. The van der Waals surface area contributed by atoms with Gasteiger partial charge < -0.3 is 10.6 Å². The van der Waals surface area contributed by atoms with Gasteiger partial charge in [0, 0.05) is 0 Å². The lowest BCUT2D eigenvalue weighted by molar-refractivity contribution is -0.113. The molecule has 0 aromatic carbocycles. The lowest BCUT2D eigenvalue weighted by atomic mass is 10.4. The fraction of sp³-hybridized carbons (Fsp3) is 0.200. The number of carbonyl (C=O) groups excluding carboxylic acids is 2. The van der Waals surface area contributed by atoms with Crippen molar-refractivity contribution in [2.24, 2.45) is 10.9 Å². The zero-order chi connectivity index (χ0) is 9.56. The van der Waals surface area contributed by atoms with E-state index >= 15 is 0 Å². The smallest absolute Gasteiger partial charge is 0.319 e. The minimum absolute atomic E-state index is 0.573. The Bertz CT molecular complexity index is 264. The van der Waals surface area contributed by atoms with Crippen molar-refractivity contribution in [1.29, 1.82) is 5.26 Å². The molecule has 3 amide bonds. The van der Waals surface area contributed by atoms with E-state index in [1.54, 1.807) is 5.32 Å². The molecular weight excluding hydrogens is 164 g/mol. The molecule has 0 radical (unpaired) electrons. The zero-order valence-corrected chi connectivity index (χ0v) is 6.20. The molecule has 0 aliphatic rings. The van der Waals surface area contributed by atoms with E-state index in [9.17, 15) is 9.59 Å². The zero-order valence-electron chi connectivity index (χ0n) is 6.20. The number of rotatable bonds is 2. The van der Waals surface area contributed by atoms with E-state index in [0.29, 0.717) is 0 Å². The highest BCUT2D eigenvalue weighted by atomic mass is 16.6. The Hall–Kier alpha value is -2.10. The molecule has 0 saturated heterocycles. The van der Waals surface area contributed by atoms with E-state index in [0.717, 1.165) is 7.11 Å². The normalized spacial score (nSPS) is 9.83. The molecule has 7 nitrogen and oxygen atoms in total. The molecule has 0 saturated carbocycles. The van der Waals surface area contributed by atoms with Crippen molar-refractivity contribution in [2.45, 2.75) is 0 Å². The van der Waals surface area contributed by atoms with E-state index in [-0.39, 0.29) is 0 Å². The molecule has 64 valence electrons. The molecule has 7 heteroatoms. The summed E-state index contributed by atoms with van der Waals surface area (Å²) in [5, 5.41) is 12.9. The molecule has 0 atom stereocenters. The Kier molecular flexibility index (Phi) is 3.86. The second kappa shape index (κ2) is 4.68. The summed E-state index contributed by atoms with van der Waals surface area (Å²) in [7, 11) is 1.16. The summed E-state index contributed by atoms with van der Waals surface area (Å²) in [5.74, 6) is -0.994. The predicted octanol–water partition coefficient (Wildman–Crippen LogP) is -1.29. The molecule has 0 spiro atoms. The van der Waals surface area contributed by atoms with Crippen LogP contribution in [0.4, 0.5) is 4.79 Å².